The van der Waals surface area contributed by atoms with E-state index >= 15 is 0 Å². The molecule has 2 aliphatic rings. The van der Waals surface area contributed by atoms with Crippen LogP contribution in [0.15, 0.2) is 29.6 Å². The van der Waals surface area contributed by atoms with Crippen molar-refractivity contribution in [2.45, 2.75) is 50.9 Å². The molecule has 1 aromatic heterocycles. The Kier molecular flexibility index (Phi) is 5.02. The number of amides is 2. The Morgan fingerprint density at radius 3 is 2.62 bits per heavy atom. The van der Waals surface area contributed by atoms with E-state index in [2.05, 4.69) is 15.6 Å². The summed E-state index contributed by atoms with van der Waals surface area (Å²) >= 11 is 1.46. The number of anilines is 2. The second kappa shape index (κ2) is 7.58. The van der Waals surface area contributed by atoms with Crippen molar-refractivity contribution in [3.63, 3.8) is 0 Å². The van der Waals surface area contributed by atoms with Crippen LogP contribution in [0.1, 0.15) is 66.9 Å². The summed E-state index contributed by atoms with van der Waals surface area (Å²) in [5.41, 5.74) is 2.28. The van der Waals surface area contributed by atoms with Crippen molar-refractivity contribution in [2.24, 2.45) is 5.92 Å². The van der Waals surface area contributed by atoms with Crippen LogP contribution in [0.3, 0.4) is 0 Å². The molecule has 2 saturated carbocycles. The number of hydrogen-bond acceptors (Lipinski definition) is 4. The van der Waals surface area contributed by atoms with Gasteiger partial charge in [0, 0.05) is 28.5 Å². The molecule has 0 bridgehead atoms. The summed E-state index contributed by atoms with van der Waals surface area (Å²) in [7, 11) is 0. The molecular formula is C20H23N3O2S. The van der Waals surface area contributed by atoms with Crippen LogP contribution in [0.2, 0.25) is 0 Å². The van der Waals surface area contributed by atoms with Gasteiger partial charge in [-0.3, -0.25) is 14.9 Å². The zero-order valence-corrected chi connectivity index (χ0v) is 15.5. The minimum absolute atomic E-state index is 0.0660. The van der Waals surface area contributed by atoms with E-state index in [9.17, 15) is 9.59 Å². The van der Waals surface area contributed by atoms with Gasteiger partial charge >= 0.3 is 0 Å². The van der Waals surface area contributed by atoms with Gasteiger partial charge in [0.25, 0.3) is 5.91 Å². The molecule has 0 saturated heterocycles. The van der Waals surface area contributed by atoms with E-state index in [4.69, 9.17) is 0 Å². The minimum atomic E-state index is -0.199. The lowest BCUT2D eigenvalue weighted by Crippen LogP contribution is -2.24. The molecule has 0 unspecified atom stereocenters. The molecule has 2 fully saturated rings. The van der Waals surface area contributed by atoms with Crippen LogP contribution in [-0.2, 0) is 4.79 Å². The van der Waals surface area contributed by atoms with Crippen LogP contribution < -0.4 is 10.6 Å². The average Bonchev–Trinajstić information content (AvgIpc) is 3.42. The van der Waals surface area contributed by atoms with Gasteiger partial charge in [-0.15, -0.1) is 11.3 Å². The Balaban J connectivity index is 1.39. The number of aromatic nitrogens is 1. The molecule has 2 amide bonds. The third kappa shape index (κ3) is 4.12. The predicted molar refractivity (Wildman–Crippen MR) is 104 cm³/mol. The van der Waals surface area contributed by atoms with Crippen LogP contribution in [-0.4, -0.2) is 16.8 Å². The number of carbonyl (C=O) groups is 2. The van der Waals surface area contributed by atoms with E-state index in [1.165, 1.54) is 30.6 Å². The molecule has 136 valence electrons. The Morgan fingerprint density at radius 2 is 1.85 bits per heavy atom. The molecule has 1 heterocycles. The molecule has 2 aromatic rings. The number of nitrogens with zero attached hydrogens (tertiary/aromatic N) is 1. The van der Waals surface area contributed by atoms with Gasteiger partial charge in [0.15, 0.2) is 5.13 Å². The maximum Gasteiger partial charge on any atom is 0.257 e. The molecule has 6 heteroatoms. The summed E-state index contributed by atoms with van der Waals surface area (Å²) in [6.07, 6.45) is 7.77. The first-order valence-electron chi connectivity index (χ1n) is 9.37. The SMILES string of the molecule is O=C(Nc1nc(C2CC2)cs1)c1cccc(NC(=O)C2CCCCC2)c1. The third-order valence-electron chi connectivity index (χ3n) is 5.11. The van der Waals surface area contributed by atoms with Gasteiger partial charge in [0.1, 0.15) is 0 Å². The zero-order chi connectivity index (χ0) is 17.9. The van der Waals surface area contributed by atoms with Gasteiger partial charge in [-0.05, 0) is 43.9 Å². The minimum Gasteiger partial charge on any atom is -0.326 e. The first-order valence-corrected chi connectivity index (χ1v) is 10.2. The first kappa shape index (κ1) is 17.2. The Morgan fingerprint density at radius 1 is 1.04 bits per heavy atom. The number of rotatable bonds is 5. The van der Waals surface area contributed by atoms with Gasteiger partial charge in [-0.25, -0.2) is 4.98 Å². The standard InChI is InChI=1S/C20H23N3O2S/c24-18(14-5-2-1-3-6-14)21-16-8-4-7-15(11-16)19(25)23-20-22-17(12-26-20)13-9-10-13/h4,7-8,11-14H,1-3,5-6,9-10H2,(H,21,24)(H,22,23,25). The molecule has 2 aliphatic carbocycles. The molecule has 2 N–H and O–H groups in total. The molecule has 5 nitrogen and oxygen atoms in total. The fraction of sp³-hybridized carbons (Fsp3) is 0.450. The number of carbonyl (C=O) groups excluding carboxylic acids is 2. The normalized spacial score (nSPS) is 17.7. The van der Waals surface area contributed by atoms with Gasteiger partial charge < -0.3 is 5.32 Å². The predicted octanol–water partition coefficient (Wildman–Crippen LogP) is 4.79. The fourth-order valence-corrected chi connectivity index (χ4v) is 4.21. The van der Waals surface area contributed by atoms with Crippen molar-refractivity contribution in [2.75, 3.05) is 10.6 Å². The van der Waals surface area contributed by atoms with Crippen LogP contribution in [0.4, 0.5) is 10.8 Å². The average molecular weight is 369 g/mol. The van der Waals surface area contributed by atoms with Crippen molar-refractivity contribution >= 4 is 34.0 Å². The lowest BCUT2D eigenvalue weighted by molar-refractivity contribution is -0.120. The number of benzene rings is 1. The summed E-state index contributed by atoms with van der Waals surface area (Å²) in [6.45, 7) is 0. The van der Waals surface area contributed by atoms with E-state index in [-0.39, 0.29) is 17.7 Å². The lowest BCUT2D eigenvalue weighted by Gasteiger charge is -2.20. The van der Waals surface area contributed by atoms with Crippen LogP contribution in [0.5, 0.6) is 0 Å². The van der Waals surface area contributed by atoms with Gasteiger partial charge in [0.2, 0.25) is 5.91 Å². The summed E-state index contributed by atoms with van der Waals surface area (Å²) in [5.74, 6) is 0.541. The fourth-order valence-electron chi connectivity index (χ4n) is 3.43. The van der Waals surface area contributed by atoms with E-state index < -0.39 is 0 Å². The first-order chi connectivity index (χ1) is 12.7. The highest BCUT2D eigenvalue weighted by atomic mass is 32.1. The van der Waals surface area contributed by atoms with E-state index in [0.29, 0.717) is 22.3 Å². The maximum atomic E-state index is 12.5. The molecule has 1 aromatic carbocycles. The van der Waals surface area contributed by atoms with Crippen LogP contribution >= 0.6 is 11.3 Å². The zero-order valence-electron chi connectivity index (χ0n) is 14.7. The molecule has 4 rings (SSSR count). The quantitative estimate of drug-likeness (QED) is 0.796. The second-order valence-corrected chi connectivity index (χ2v) is 8.07. The van der Waals surface area contributed by atoms with Gasteiger partial charge in [-0.2, -0.15) is 0 Å². The second-order valence-electron chi connectivity index (χ2n) is 7.21. The molecule has 0 radical (unpaired) electrons. The Hall–Kier alpha value is -2.21. The van der Waals surface area contributed by atoms with Crippen molar-refractivity contribution < 1.29 is 9.59 Å². The summed E-state index contributed by atoms with van der Waals surface area (Å²) in [4.78, 5) is 29.4. The van der Waals surface area contributed by atoms with Gasteiger partial charge in [-0.1, -0.05) is 25.3 Å². The summed E-state index contributed by atoms with van der Waals surface area (Å²) in [5, 5.41) is 8.48. The highest BCUT2D eigenvalue weighted by Gasteiger charge is 2.26. The number of hydrogen-bond donors (Lipinski definition) is 2. The largest absolute Gasteiger partial charge is 0.326 e. The lowest BCUT2D eigenvalue weighted by atomic mass is 9.88. The van der Waals surface area contributed by atoms with Crippen molar-refractivity contribution in [1.29, 1.82) is 0 Å². The highest BCUT2D eigenvalue weighted by Crippen LogP contribution is 2.40. The molecular weight excluding hydrogens is 346 g/mol. The highest BCUT2D eigenvalue weighted by molar-refractivity contribution is 7.14. The topological polar surface area (TPSA) is 71.1 Å². The Labute approximate surface area is 157 Å². The summed E-state index contributed by atoms with van der Waals surface area (Å²) < 4.78 is 0. The molecule has 0 atom stereocenters. The third-order valence-corrected chi connectivity index (χ3v) is 5.88. The maximum absolute atomic E-state index is 12.5. The number of nitrogens with one attached hydrogen (secondary N) is 2. The van der Waals surface area contributed by atoms with Crippen molar-refractivity contribution in [3.05, 3.63) is 40.9 Å². The van der Waals surface area contributed by atoms with Gasteiger partial charge in [0.05, 0.1) is 5.69 Å². The number of thiazole rings is 1. The summed E-state index contributed by atoms with van der Waals surface area (Å²) in [6, 6.07) is 7.10. The van der Waals surface area contributed by atoms with Crippen molar-refractivity contribution in [3.8, 4) is 0 Å². The van der Waals surface area contributed by atoms with E-state index in [1.54, 1.807) is 18.2 Å². The van der Waals surface area contributed by atoms with Crippen LogP contribution in [0.25, 0.3) is 0 Å². The van der Waals surface area contributed by atoms with Crippen molar-refractivity contribution in [1.82, 2.24) is 4.98 Å². The van der Waals surface area contributed by atoms with E-state index in [1.807, 2.05) is 11.4 Å². The monoisotopic (exact) mass is 369 g/mol. The Bertz CT molecular complexity index is 807. The molecule has 0 aliphatic heterocycles. The van der Waals surface area contributed by atoms with Crippen LogP contribution in [0, 0.1) is 5.92 Å². The smallest absolute Gasteiger partial charge is 0.257 e. The molecule has 0 spiro atoms. The molecule has 26 heavy (non-hydrogen) atoms. The van der Waals surface area contributed by atoms with E-state index in [0.717, 1.165) is 31.4 Å².